The van der Waals surface area contributed by atoms with Crippen LogP contribution in [0, 0.1) is 11.3 Å². The third-order valence-corrected chi connectivity index (χ3v) is 2.14. The lowest BCUT2D eigenvalue weighted by molar-refractivity contribution is -0.117. The van der Waals surface area contributed by atoms with E-state index in [1.807, 2.05) is 17.0 Å². The molecule has 0 N–H and O–H groups in total. The van der Waals surface area contributed by atoms with E-state index in [2.05, 4.69) is 0 Å². The molecule has 0 aromatic rings. The Morgan fingerprint density at radius 2 is 2.38 bits per heavy atom. The summed E-state index contributed by atoms with van der Waals surface area (Å²) in [6.45, 7) is 0.700. The molecule has 2 aliphatic heterocycles. The van der Waals surface area contributed by atoms with Crippen LogP contribution in [-0.2, 0) is 4.79 Å². The molecule has 2 rings (SSSR count). The van der Waals surface area contributed by atoms with Gasteiger partial charge in [0, 0.05) is 12.7 Å². The average molecular weight is 172 g/mol. The fourth-order valence-electron chi connectivity index (χ4n) is 1.49. The Bertz CT molecular complexity index is 371. The molecule has 2 aliphatic rings. The number of nitrogens with zero attached hydrogens (tertiary/aromatic N) is 2. The summed E-state index contributed by atoms with van der Waals surface area (Å²) < 4.78 is 0. The number of allylic oxidation sites excluding steroid dienone is 2. The van der Waals surface area contributed by atoms with Crippen LogP contribution >= 0.6 is 0 Å². The molecule has 0 aromatic heterocycles. The van der Waals surface area contributed by atoms with Crippen LogP contribution in [0.2, 0.25) is 0 Å². The molecule has 0 saturated carbocycles. The molecule has 3 heteroatoms. The summed E-state index contributed by atoms with van der Waals surface area (Å²) in [6.07, 6.45) is 8.59. The van der Waals surface area contributed by atoms with Crippen LogP contribution in [0.3, 0.4) is 0 Å². The first-order chi connectivity index (χ1) is 6.31. The largest absolute Gasteiger partial charge is 0.359 e. The second-order valence-corrected chi connectivity index (χ2v) is 3.00. The van der Waals surface area contributed by atoms with E-state index in [4.69, 9.17) is 5.26 Å². The molecule has 0 aliphatic carbocycles. The predicted molar refractivity (Wildman–Crippen MR) is 47.5 cm³/mol. The van der Waals surface area contributed by atoms with Gasteiger partial charge in [0.15, 0.2) is 5.78 Å². The van der Waals surface area contributed by atoms with Crippen LogP contribution in [0.15, 0.2) is 36.1 Å². The molecule has 0 bridgehead atoms. The van der Waals surface area contributed by atoms with Crippen molar-refractivity contribution in [3.8, 4) is 6.07 Å². The average Bonchev–Trinajstić information content (AvgIpc) is 2.18. The Kier molecular flexibility index (Phi) is 1.75. The molecule has 0 radical (unpaired) electrons. The van der Waals surface area contributed by atoms with Crippen LogP contribution in [-0.4, -0.2) is 23.3 Å². The van der Waals surface area contributed by atoms with Crippen molar-refractivity contribution in [3.63, 3.8) is 0 Å². The lowest BCUT2D eigenvalue weighted by atomic mass is 10.0. The van der Waals surface area contributed by atoms with Crippen LogP contribution < -0.4 is 0 Å². The summed E-state index contributed by atoms with van der Waals surface area (Å²) in [5, 5.41) is 8.65. The normalized spacial score (nSPS) is 25.2. The van der Waals surface area contributed by atoms with E-state index < -0.39 is 0 Å². The number of rotatable bonds is 0. The van der Waals surface area contributed by atoms with Gasteiger partial charge in [-0.05, 0) is 12.2 Å². The van der Waals surface area contributed by atoms with Crippen molar-refractivity contribution in [1.82, 2.24) is 4.90 Å². The van der Waals surface area contributed by atoms with Crippen molar-refractivity contribution in [3.05, 3.63) is 36.1 Å². The number of carbonyl (C=O) groups excluding carboxylic acids is 1. The van der Waals surface area contributed by atoms with Crippen LogP contribution in [0.4, 0.5) is 0 Å². The van der Waals surface area contributed by atoms with E-state index in [0.717, 1.165) is 0 Å². The Labute approximate surface area is 76.3 Å². The van der Waals surface area contributed by atoms with Crippen LogP contribution in [0.1, 0.15) is 0 Å². The highest BCUT2D eigenvalue weighted by molar-refractivity contribution is 5.97. The molecular weight excluding hydrogens is 164 g/mol. The zero-order valence-electron chi connectivity index (χ0n) is 6.97. The van der Waals surface area contributed by atoms with E-state index in [1.54, 1.807) is 24.4 Å². The highest BCUT2D eigenvalue weighted by Crippen LogP contribution is 2.17. The minimum atomic E-state index is -0.193. The zero-order valence-corrected chi connectivity index (χ0v) is 6.97. The molecule has 1 atom stereocenters. The Morgan fingerprint density at radius 1 is 1.54 bits per heavy atom. The zero-order chi connectivity index (χ0) is 9.26. The highest BCUT2D eigenvalue weighted by Gasteiger charge is 2.24. The predicted octanol–water partition coefficient (Wildman–Crippen LogP) is 0.773. The second-order valence-electron chi connectivity index (χ2n) is 3.00. The van der Waals surface area contributed by atoms with E-state index >= 15 is 0 Å². The SMILES string of the molecule is N#CC1=CN2CC=CC(=O)C2C=C1. The number of fused-ring (bicyclic) bond motifs is 1. The van der Waals surface area contributed by atoms with Gasteiger partial charge >= 0.3 is 0 Å². The fourth-order valence-corrected chi connectivity index (χ4v) is 1.49. The van der Waals surface area contributed by atoms with Gasteiger partial charge in [0.2, 0.25) is 0 Å². The van der Waals surface area contributed by atoms with Crippen molar-refractivity contribution < 1.29 is 4.79 Å². The molecule has 3 nitrogen and oxygen atoms in total. The fraction of sp³-hybridized carbons (Fsp3) is 0.200. The highest BCUT2D eigenvalue weighted by atomic mass is 16.1. The Hall–Kier alpha value is -1.82. The molecule has 0 fully saturated rings. The van der Waals surface area contributed by atoms with Gasteiger partial charge in [0.25, 0.3) is 0 Å². The third-order valence-electron chi connectivity index (χ3n) is 2.14. The van der Waals surface area contributed by atoms with E-state index in [0.29, 0.717) is 12.1 Å². The van der Waals surface area contributed by atoms with Gasteiger partial charge in [-0.1, -0.05) is 12.2 Å². The molecule has 2 heterocycles. The number of ketones is 1. The van der Waals surface area contributed by atoms with Gasteiger partial charge in [-0.25, -0.2) is 0 Å². The maximum Gasteiger partial charge on any atom is 0.181 e. The summed E-state index contributed by atoms with van der Waals surface area (Å²) in [5.74, 6) is 0.0794. The molecule has 0 saturated heterocycles. The molecular formula is C10H8N2O. The van der Waals surface area contributed by atoms with E-state index in [-0.39, 0.29) is 11.8 Å². The summed E-state index contributed by atoms with van der Waals surface area (Å²) in [7, 11) is 0. The van der Waals surface area contributed by atoms with E-state index in [9.17, 15) is 4.79 Å². The Morgan fingerprint density at radius 3 is 3.15 bits per heavy atom. The standard InChI is InChI=1S/C10H8N2O/c11-6-8-3-4-9-10(13)2-1-5-12(9)7-8/h1-4,7,9H,5H2. The first-order valence-electron chi connectivity index (χ1n) is 4.07. The van der Waals surface area contributed by atoms with Gasteiger partial charge in [-0.3, -0.25) is 4.79 Å². The summed E-state index contributed by atoms with van der Waals surface area (Å²) in [6, 6.07) is 1.86. The number of nitriles is 1. The number of hydrogen-bond acceptors (Lipinski definition) is 3. The van der Waals surface area contributed by atoms with Crippen molar-refractivity contribution in [1.29, 1.82) is 5.26 Å². The van der Waals surface area contributed by atoms with E-state index in [1.165, 1.54) is 0 Å². The quantitative estimate of drug-likeness (QED) is 0.542. The minimum absolute atomic E-state index is 0.0794. The second kappa shape index (κ2) is 2.91. The van der Waals surface area contributed by atoms with Crippen molar-refractivity contribution in [2.75, 3.05) is 6.54 Å². The third kappa shape index (κ3) is 1.27. The van der Waals surface area contributed by atoms with Gasteiger partial charge in [0.1, 0.15) is 12.1 Å². The van der Waals surface area contributed by atoms with Crippen molar-refractivity contribution in [2.45, 2.75) is 6.04 Å². The number of carbonyl (C=O) groups is 1. The monoisotopic (exact) mass is 172 g/mol. The van der Waals surface area contributed by atoms with Crippen molar-refractivity contribution in [2.24, 2.45) is 0 Å². The lowest BCUT2D eigenvalue weighted by Gasteiger charge is -2.30. The topological polar surface area (TPSA) is 44.1 Å². The molecule has 0 spiro atoms. The number of hydrogen-bond donors (Lipinski definition) is 0. The molecule has 64 valence electrons. The molecule has 0 aromatic carbocycles. The minimum Gasteiger partial charge on any atom is -0.359 e. The van der Waals surface area contributed by atoms with Gasteiger partial charge in [-0.15, -0.1) is 0 Å². The summed E-state index contributed by atoms with van der Waals surface area (Å²) >= 11 is 0. The smallest absolute Gasteiger partial charge is 0.181 e. The molecule has 13 heavy (non-hydrogen) atoms. The van der Waals surface area contributed by atoms with Crippen LogP contribution in [0.5, 0.6) is 0 Å². The summed E-state index contributed by atoms with van der Waals surface area (Å²) in [4.78, 5) is 13.2. The van der Waals surface area contributed by atoms with Crippen LogP contribution in [0.25, 0.3) is 0 Å². The lowest BCUT2D eigenvalue weighted by Crippen LogP contribution is -2.39. The van der Waals surface area contributed by atoms with Gasteiger partial charge in [-0.2, -0.15) is 5.26 Å². The maximum absolute atomic E-state index is 11.3. The molecule has 1 unspecified atom stereocenters. The van der Waals surface area contributed by atoms with Gasteiger partial charge in [0.05, 0.1) is 5.57 Å². The Balaban J connectivity index is 2.31. The maximum atomic E-state index is 11.3. The first-order valence-corrected chi connectivity index (χ1v) is 4.07. The summed E-state index contributed by atoms with van der Waals surface area (Å²) in [5.41, 5.74) is 0.597. The van der Waals surface area contributed by atoms with Crippen molar-refractivity contribution >= 4 is 5.78 Å². The molecule has 0 amide bonds. The van der Waals surface area contributed by atoms with Gasteiger partial charge < -0.3 is 4.90 Å². The first kappa shape index (κ1) is 7.81.